The first-order valence-electron chi connectivity index (χ1n) is 6.07. The van der Waals surface area contributed by atoms with Crippen molar-refractivity contribution in [2.75, 3.05) is 12.8 Å². The molecule has 102 valence electrons. The van der Waals surface area contributed by atoms with Crippen LogP contribution in [0.5, 0.6) is 5.75 Å². The summed E-state index contributed by atoms with van der Waals surface area (Å²) in [6, 6.07) is 7.60. The average molecular weight is 270 g/mol. The third kappa shape index (κ3) is 2.01. The molecule has 0 atom stereocenters. The summed E-state index contributed by atoms with van der Waals surface area (Å²) in [5.74, 6) is 1.03. The smallest absolute Gasteiger partial charge is 0.230 e. The highest BCUT2D eigenvalue weighted by molar-refractivity contribution is 5.86. The van der Waals surface area contributed by atoms with Gasteiger partial charge in [-0.25, -0.2) is 0 Å². The molecule has 0 aliphatic rings. The Bertz CT molecular complexity index is 745. The van der Waals surface area contributed by atoms with Crippen LogP contribution in [0.15, 0.2) is 41.2 Å². The summed E-state index contributed by atoms with van der Waals surface area (Å²) < 4.78 is 12.1. The van der Waals surface area contributed by atoms with Crippen molar-refractivity contribution in [2.24, 2.45) is 7.05 Å². The molecule has 0 saturated heterocycles. The molecular weight excluding hydrogens is 256 g/mol. The number of aryl methyl sites for hydroxylation is 1. The molecule has 20 heavy (non-hydrogen) atoms. The second kappa shape index (κ2) is 4.73. The van der Waals surface area contributed by atoms with Crippen LogP contribution in [0, 0.1) is 0 Å². The molecule has 3 aromatic rings. The number of hydrogen-bond acceptors (Lipinski definition) is 5. The minimum atomic E-state index is 0.275. The Morgan fingerprint density at radius 1 is 1.30 bits per heavy atom. The van der Waals surface area contributed by atoms with Crippen LogP contribution in [0.4, 0.5) is 5.88 Å². The van der Waals surface area contributed by atoms with Gasteiger partial charge in [-0.3, -0.25) is 4.68 Å². The number of hydrogen-bond donors (Lipinski definition) is 1. The first-order chi connectivity index (χ1) is 9.69. The van der Waals surface area contributed by atoms with Gasteiger partial charge in [-0.2, -0.15) is 5.10 Å². The molecule has 0 spiro atoms. The van der Waals surface area contributed by atoms with Gasteiger partial charge in [0.25, 0.3) is 0 Å². The maximum atomic E-state index is 5.91. The zero-order valence-electron chi connectivity index (χ0n) is 11.2. The third-order valence-electron chi connectivity index (χ3n) is 3.06. The van der Waals surface area contributed by atoms with Crippen LogP contribution in [0.25, 0.3) is 22.4 Å². The zero-order valence-corrected chi connectivity index (χ0v) is 11.2. The van der Waals surface area contributed by atoms with Crippen LogP contribution in [0.2, 0.25) is 0 Å². The van der Waals surface area contributed by atoms with Crippen molar-refractivity contribution in [3.05, 3.63) is 36.7 Å². The number of nitrogens with zero attached hydrogens (tertiary/aromatic N) is 3. The topological polar surface area (TPSA) is 79.1 Å². The summed E-state index contributed by atoms with van der Waals surface area (Å²) in [6.45, 7) is 0. The van der Waals surface area contributed by atoms with Gasteiger partial charge in [0.15, 0.2) is 0 Å². The molecule has 6 nitrogen and oxygen atoms in total. The number of rotatable bonds is 3. The molecule has 3 rings (SSSR count). The minimum absolute atomic E-state index is 0.275. The van der Waals surface area contributed by atoms with E-state index < -0.39 is 0 Å². The summed E-state index contributed by atoms with van der Waals surface area (Å²) in [4.78, 5) is 0. The number of anilines is 1. The van der Waals surface area contributed by atoms with Crippen LogP contribution >= 0.6 is 0 Å². The lowest BCUT2D eigenvalue weighted by molar-refractivity contribution is 0.415. The van der Waals surface area contributed by atoms with E-state index in [2.05, 4.69) is 10.3 Å². The molecular formula is C14H14N4O2. The van der Waals surface area contributed by atoms with Crippen molar-refractivity contribution >= 4 is 5.88 Å². The predicted molar refractivity (Wildman–Crippen MR) is 75.1 cm³/mol. The molecule has 0 bridgehead atoms. The van der Waals surface area contributed by atoms with Gasteiger partial charge in [0.2, 0.25) is 5.88 Å². The van der Waals surface area contributed by atoms with Crippen molar-refractivity contribution in [3.63, 3.8) is 0 Å². The summed E-state index contributed by atoms with van der Waals surface area (Å²) >= 11 is 0. The standard InChI is InChI=1S/C14H14N4O2/c1-18-8-10(7-16-18)13-12(14(15)20-17-13)9-4-3-5-11(6-9)19-2/h3-8H,15H2,1-2H3. The van der Waals surface area contributed by atoms with Gasteiger partial charge in [0.05, 0.1) is 18.9 Å². The molecule has 0 fully saturated rings. The van der Waals surface area contributed by atoms with Gasteiger partial charge in [-0.1, -0.05) is 17.3 Å². The number of nitrogen functional groups attached to an aromatic ring is 1. The number of ether oxygens (including phenoxy) is 1. The minimum Gasteiger partial charge on any atom is -0.497 e. The van der Waals surface area contributed by atoms with E-state index in [-0.39, 0.29) is 5.88 Å². The summed E-state index contributed by atoms with van der Waals surface area (Å²) in [6.07, 6.45) is 3.59. The van der Waals surface area contributed by atoms with Gasteiger partial charge < -0.3 is 15.0 Å². The van der Waals surface area contributed by atoms with Crippen LogP contribution in [0.1, 0.15) is 0 Å². The number of nitrogens with two attached hydrogens (primary N) is 1. The zero-order chi connectivity index (χ0) is 14.1. The lowest BCUT2D eigenvalue weighted by Gasteiger charge is -2.04. The summed E-state index contributed by atoms with van der Waals surface area (Å²) in [5, 5.41) is 8.18. The Balaban J connectivity index is 2.15. The Morgan fingerprint density at radius 2 is 2.15 bits per heavy atom. The van der Waals surface area contributed by atoms with Crippen LogP contribution in [0.3, 0.4) is 0 Å². The lowest BCUT2D eigenvalue weighted by atomic mass is 10.0. The van der Waals surface area contributed by atoms with Crippen LogP contribution in [-0.2, 0) is 7.05 Å². The third-order valence-corrected chi connectivity index (χ3v) is 3.06. The molecule has 0 unspecified atom stereocenters. The number of benzene rings is 1. The summed E-state index contributed by atoms with van der Waals surface area (Å²) in [5.41, 5.74) is 9.07. The van der Waals surface area contributed by atoms with E-state index in [1.165, 1.54) is 0 Å². The molecule has 0 saturated carbocycles. The highest BCUT2D eigenvalue weighted by atomic mass is 16.5. The van der Waals surface area contributed by atoms with E-state index >= 15 is 0 Å². The highest BCUT2D eigenvalue weighted by Gasteiger charge is 2.18. The van der Waals surface area contributed by atoms with Gasteiger partial charge in [-0.05, 0) is 17.7 Å². The van der Waals surface area contributed by atoms with E-state index in [9.17, 15) is 0 Å². The molecule has 6 heteroatoms. The normalized spacial score (nSPS) is 10.7. The second-order valence-electron chi connectivity index (χ2n) is 4.41. The maximum absolute atomic E-state index is 5.91. The van der Waals surface area contributed by atoms with E-state index in [1.807, 2.05) is 37.5 Å². The van der Waals surface area contributed by atoms with E-state index in [0.29, 0.717) is 5.69 Å². The number of methoxy groups -OCH3 is 1. The molecule has 0 aliphatic heterocycles. The second-order valence-corrected chi connectivity index (χ2v) is 4.41. The van der Waals surface area contributed by atoms with Crippen molar-refractivity contribution < 1.29 is 9.26 Å². The van der Waals surface area contributed by atoms with Gasteiger partial charge in [-0.15, -0.1) is 0 Å². The van der Waals surface area contributed by atoms with Crippen LogP contribution < -0.4 is 10.5 Å². The highest BCUT2D eigenvalue weighted by Crippen LogP contribution is 2.37. The molecule has 2 heterocycles. The Morgan fingerprint density at radius 3 is 2.85 bits per heavy atom. The predicted octanol–water partition coefficient (Wildman–Crippen LogP) is 2.33. The van der Waals surface area contributed by atoms with E-state index in [4.69, 9.17) is 15.0 Å². The van der Waals surface area contributed by atoms with E-state index in [1.54, 1.807) is 18.0 Å². The SMILES string of the molecule is COc1cccc(-c2c(-c3cnn(C)c3)noc2N)c1. The fourth-order valence-corrected chi connectivity index (χ4v) is 2.10. The molecule has 0 amide bonds. The molecule has 2 aromatic heterocycles. The number of aromatic nitrogens is 3. The quantitative estimate of drug-likeness (QED) is 0.790. The van der Waals surface area contributed by atoms with Crippen molar-refractivity contribution in [1.82, 2.24) is 14.9 Å². The van der Waals surface area contributed by atoms with Crippen LogP contribution in [-0.4, -0.2) is 22.0 Å². The molecule has 1 aromatic carbocycles. The molecule has 0 aliphatic carbocycles. The van der Waals surface area contributed by atoms with E-state index in [0.717, 1.165) is 22.4 Å². The Hall–Kier alpha value is -2.76. The lowest BCUT2D eigenvalue weighted by Crippen LogP contribution is -1.89. The average Bonchev–Trinajstić information content (AvgIpc) is 3.05. The first-order valence-corrected chi connectivity index (χ1v) is 6.07. The largest absolute Gasteiger partial charge is 0.497 e. The fraction of sp³-hybridized carbons (Fsp3) is 0.143. The molecule has 2 N–H and O–H groups in total. The first kappa shape index (κ1) is 12.3. The van der Waals surface area contributed by atoms with Crippen molar-refractivity contribution in [1.29, 1.82) is 0 Å². The monoisotopic (exact) mass is 270 g/mol. The van der Waals surface area contributed by atoms with Gasteiger partial charge >= 0.3 is 0 Å². The Labute approximate surface area is 115 Å². The van der Waals surface area contributed by atoms with Crippen molar-refractivity contribution in [3.8, 4) is 28.1 Å². The Kier molecular flexibility index (Phi) is 2.90. The maximum Gasteiger partial charge on any atom is 0.230 e. The van der Waals surface area contributed by atoms with Gasteiger partial charge in [0.1, 0.15) is 11.4 Å². The summed E-state index contributed by atoms with van der Waals surface area (Å²) in [7, 11) is 3.47. The van der Waals surface area contributed by atoms with Gasteiger partial charge in [0, 0.05) is 18.8 Å². The fourth-order valence-electron chi connectivity index (χ4n) is 2.10. The van der Waals surface area contributed by atoms with Crippen molar-refractivity contribution in [2.45, 2.75) is 0 Å². The molecule has 0 radical (unpaired) electrons.